The first kappa shape index (κ1) is 13.5. The number of methoxy groups -OCH3 is 2. The highest BCUT2D eigenvalue weighted by Crippen LogP contribution is 2.33. The van der Waals surface area contributed by atoms with Crippen LogP contribution >= 0.6 is 12.2 Å². The number of ether oxygens (including phenoxy) is 2. The zero-order chi connectivity index (χ0) is 14.1. The standard InChI is InChI=1S/C15H20N2O2S/c1-18-13-8-11-12(9-14(13)19-2)17(15(20)16-11)7-6-10-4-3-5-10/h8-10H,3-7H2,1-2H3,(H,16,20). The lowest BCUT2D eigenvalue weighted by Crippen LogP contribution is -2.13. The van der Waals surface area contributed by atoms with Gasteiger partial charge in [-0.15, -0.1) is 0 Å². The second-order valence-corrected chi connectivity index (χ2v) is 5.78. The molecule has 0 atom stereocenters. The van der Waals surface area contributed by atoms with Gasteiger partial charge in [-0.3, -0.25) is 0 Å². The Morgan fingerprint density at radius 1 is 1.25 bits per heavy atom. The molecular formula is C15H20N2O2S. The van der Waals surface area contributed by atoms with E-state index < -0.39 is 0 Å². The molecule has 0 bridgehead atoms. The average molecular weight is 292 g/mol. The largest absolute Gasteiger partial charge is 0.493 e. The Labute approximate surface area is 123 Å². The fourth-order valence-corrected chi connectivity index (χ4v) is 3.10. The zero-order valence-corrected chi connectivity index (χ0v) is 12.8. The summed E-state index contributed by atoms with van der Waals surface area (Å²) < 4.78 is 13.7. The highest BCUT2D eigenvalue weighted by molar-refractivity contribution is 7.71. The molecule has 1 saturated carbocycles. The SMILES string of the molecule is COc1cc2[nH]c(=S)n(CCC3CCC3)c2cc1OC. The molecule has 3 rings (SSSR count). The molecule has 108 valence electrons. The third kappa shape index (κ3) is 2.30. The van der Waals surface area contributed by atoms with Gasteiger partial charge in [-0.25, -0.2) is 0 Å². The van der Waals surface area contributed by atoms with E-state index >= 15 is 0 Å². The van der Waals surface area contributed by atoms with Crippen LogP contribution in [-0.2, 0) is 6.54 Å². The van der Waals surface area contributed by atoms with Gasteiger partial charge in [0.05, 0.1) is 25.3 Å². The number of benzene rings is 1. The Bertz CT molecular complexity index is 670. The summed E-state index contributed by atoms with van der Waals surface area (Å²) >= 11 is 5.44. The number of aryl methyl sites for hydroxylation is 1. The van der Waals surface area contributed by atoms with Gasteiger partial charge in [0.1, 0.15) is 0 Å². The van der Waals surface area contributed by atoms with Gasteiger partial charge in [0, 0.05) is 18.7 Å². The lowest BCUT2D eigenvalue weighted by Gasteiger charge is -2.25. The lowest BCUT2D eigenvalue weighted by molar-refractivity contribution is 0.283. The van der Waals surface area contributed by atoms with Crippen LogP contribution in [0.1, 0.15) is 25.7 Å². The monoisotopic (exact) mass is 292 g/mol. The minimum atomic E-state index is 0.724. The second kappa shape index (κ2) is 5.48. The molecule has 0 saturated heterocycles. The van der Waals surface area contributed by atoms with E-state index in [9.17, 15) is 0 Å². The molecule has 0 spiro atoms. The van der Waals surface area contributed by atoms with Crippen molar-refractivity contribution < 1.29 is 9.47 Å². The first-order valence-electron chi connectivity index (χ1n) is 7.07. The maximum atomic E-state index is 5.44. The second-order valence-electron chi connectivity index (χ2n) is 5.39. The predicted molar refractivity (Wildman–Crippen MR) is 82.2 cm³/mol. The van der Waals surface area contributed by atoms with E-state index in [1.54, 1.807) is 14.2 Å². The summed E-state index contributed by atoms with van der Waals surface area (Å²) in [5, 5.41) is 0. The topological polar surface area (TPSA) is 39.2 Å². The molecule has 0 unspecified atom stereocenters. The molecular weight excluding hydrogens is 272 g/mol. The fraction of sp³-hybridized carbons (Fsp3) is 0.533. The molecule has 4 nitrogen and oxygen atoms in total. The molecule has 20 heavy (non-hydrogen) atoms. The smallest absolute Gasteiger partial charge is 0.178 e. The highest BCUT2D eigenvalue weighted by Gasteiger charge is 2.18. The minimum absolute atomic E-state index is 0.724. The van der Waals surface area contributed by atoms with Gasteiger partial charge >= 0.3 is 0 Å². The predicted octanol–water partition coefficient (Wildman–Crippen LogP) is 3.91. The number of aromatic nitrogens is 2. The van der Waals surface area contributed by atoms with Crippen LogP contribution in [0.4, 0.5) is 0 Å². The molecule has 0 aliphatic heterocycles. The highest BCUT2D eigenvalue weighted by atomic mass is 32.1. The van der Waals surface area contributed by atoms with Crippen molar-refractivity contribution in [3.05, 3.63) is 16.9 Å². The van der Waals surface area contributed by atoms with Crippen LogP contribution in [0.5, 0.6) is 11.5 Å². The minimum Gasteiger partial charge on any atom is -0.493 e. The summed E-state index contributed by atoms with van der Waals surface area (Å²) in [6.07, 6.45) is 5.32. The Kier molecular flexibility index (Phi) is 3.70. The molecule has 1 aromatic heterocycles. The van der Waals surface area contributed by atoms with Crippen molar-refractivity contribution in [2.24, 2.45) is 5.92 Å². The third-order valence-corrected chi connectivity index (χ3v) is 4.59. The first-order valence-corrected chi connectivity index (χ1v) is 7.48. The molecule has 0 radical (unpaired) electrons. The maximum absolute atomic E-state index is 5.44. The van der Waals surface area contributed by atoms with Crippen LogP contribution < -0.4 is 9.47 Å². The van der Waals surface area contributed by atoms with Gasteiger partial charge < -0.3 is 19.0 Å². The Morgan fingerprint density at radius 2 is 1.95 bits per heavy atom. The quantitative estimate of drug-likeness (QED) is 0.849. The van der Waals surface area contributed by atoms with Crippen LogP contribution in [0.2, 0.25) is 0 Å². The van der Waals surface area contributed by atoms with Gasteiger partial charge in [-0.05, 0) is 24.6 Å². The Hall–Kier alpha value is -1.49. The maximum Gasteiger partial charge on any atom is 0.178 e. The van der Waals surface area contributed by atoms with Crippen LogP contribution in [-0.4, -0.2) is 23.8 Å². The van der Waals surface area contributed by atoms with Gasteiger partial charge in [0.25, 0.3) is 0 Å². The molecule has 5 heteroatoms. The number of H-pyrrole nitrogens is 1. The number of fused-ring (bicyclic) bond motifs is 1. The summed E-state index contributed by atoms with van der Waals surface area (Å²) in [5.41, 5.74) is 2.09. The van der Waals surface area contributed by atoms with E-state index in [1.807, 2.05) is 12.1 Å². The van der Waals surface area contributed by atoms with E-state index in [1.165, 1.54) is 25.7 Å². The first-order chi connectivity index (χ1) is 9.72. The van der Waals surface area contributed by atoms with Gasteiger partial charge in [0.15, 0.2) is 16.3 Å². The fourth-order valence-electron chi connectivity index (χ4n) is 2.80. The lowest BCUT2D eigenvalue weighted by atomic mass is 9.83. The summed E-state index contributed by atoms with van der Waals surface area (Å²) in [7, 11) is 3.30. The van der Waals surface area contributed by atoms with Crippen molar-refractivity contribution in [2.45, 2.75) is 32.2 Å². The number of nitrogens with zero attached hydrogens (tertiary/aromatic N) is 1. The zero-order valence-electron chi connectivity index (χ0n) is 11.9. The van der Waals surface area contributed by atoms with Crippen molar-refractivity contribution in [2.75, 3.05) is 14.2 Å². The number of imidazole rings is 1. The van der Waals surface area contributed by atoms with E-state index in [4.69, 9.17) is 21.7 Å². The molecule has 2 aromatic rings. The van der Waals surface area contributed by atoms with Gasteiger partial charge in [0.2, 0.25) is 0 Å². The summed E-state index contributed by atoms with van der Waals surface area (Å²) in [6.45, 7) is 0.971. The summed E-state index contributed by atoms with van der Waals surface area (Å²) in [5.74, 6) is 2.34. The molecule has 1 heterocycles. The molecule has 1 aromatic carbocycles. The molecule has 1 aliphatic carbocycles. The van der Waals surface area contributed by atoms with Gasteiger partial charge in [-0.1, -0.05) is 19.3 Å². The van der Waals surface area contributed by atoms with Crippen molar-refractivity contribution >= 4 is 23.3 Å². The van der Waals surface area contributed by atoms with Crippen molar-refractivity contribution in [3.63, 3.8) is 0 Å². The van der Waals surface area contributed by atoms with E-state index in [0.717, 1.165) is 39.8 Å². The number of aromatic amines is 1. The van der Waals surface area contributed by atoms with Crippen LogP contribution in [0.25, 0.3) is 11.0 Å². The number of nitrogens with one attached hydrogen (secondary N) is 1. The molecule has 1 fully saturated rings. The molecule has 0 amide bonds. The molecule has 1 aliphatic rings. The number of hydrogen-bond donors (Lipinski definition) is 1. The average Bonchev–Trinajstić information content (AvgIpc) is 2.71. The summed E-state index contributed by atoms with van der Waals surface area (Å²) in [6, 6.07) is 3.95. The van der Waals surface area contributed by atoms with Crippen LogP contribution in [0.3, 0.4) is 0 Å². The third-order valence-electron chi connectivity index (χ3n) is 4.27. The van der Waals surface area contributed by atoms with Crippen molar-refractivity contribution in [3.8, 4) is 11.5 Å². The Morgan fingerprint density at radius 3 is 2.55 bits per heavy atom. The number of rotatable bonds is 5. The van der Waals surface area contributed by atoms with E-state index in [0.29, 0.717) is 0 Å². The van der Waals surface area contributed by atoms with Crippen molar-refractivity contribution in [1.29, 1.82) is 0 Å². The normalized spacial score (nSPS) is 15.3. The van der Waals surface area contributed by atoms with E-state index in [2.05, 4.69) is 9.55 Å². The van der Waals surface area contributed by atoms with Crippen LogP contribution in [0.15, 0.2) is 12.1 Å². The Balaban J connectivity index is 1.97. The molecule has 1 N–H and O–H groups in total. The summed E-state index contributed by atoms with van der Waals surface area (Å²) in [4.78, 5) is 3.26. The van der Waals surface area contributed by atoms with Gasteiger partial charge in [-0.2, -0.15) is 0 Å². The van der Waals surface area contributed by atoms with Crippen LogP contribution in [0, 0.1) is 10.7 Å². The van der Waals surface area contributed by atoms with Crippen molar-refractivity contribution in [1.82, 2.24) is 9.55 Å². The van der Waals surface area contributed by atoms with E-state index in [-0.39, 0.29) is 0 Å². The number of hydrogen-bond acceptors (Lipinski definition) is 3.